The van der Waals surface area contributed by atoms with Crippen molar-refractivity contribution >= 4 is 43.2 Å². The number of ether oxygens (including phenoxy) is 4. The lowest BCUT2D eigenvalue weighted by Crippen LogP contribution is -2.28. The van der Waals surface area contributed by atoms with Crippen molar-refractivity contribution in [1.29, 1.82) is 0 Å². The predicted molar refractivity (Wildman–Crippen MR) is 119 cm³/mol. The lowest BCUT2D eigenvalue weighted by atomic mass is 10.0. The second-order valence-corrected chi connectivity index (χ2v) is 8.27. The van der Waals surface area contributed by atoms with Crippen molar-refractivity contribution in [3.63, 3.8) is 0 Å². The molecule has 0 unspecified atom stereocenters. The van der Waals surface area contributed by atoms with Gasteiger partial charge in [-0.2, -0.15) is 25.3 Å². The fourth-order valence-electron chi connectivity index (χ4n) is 2.44. The average Bonchev–Trinajstić information content (AvgIpc) is 2.65. The molecule has 0 amide bonds. The Morgan fingerprint density at radius 3 is 1.90 bits per heavy atom. The van der Waals surface area contributed by atoms with E-state index in [0.717, 1.165) is 6.42 Å². The number of esters is 2. The van der Waals surface area contributed by atoms with Gasteiger partial charge >= 0.3 is 17.9 Å². The van der Waals surface area contributed by atoms with Crippen molar-refractivity contribution in [3.8, 4) is 0 Å². The molecule has 0 rings (SSSR count). The third-order valence-corrected chi connectivity index (χ3v) is 4.66. The Morgan fingerprint density at radius 2 is 1.43 bits per heavy atom. The molecule has 0 atom stereocenters. The normalized spacial score (nSPS) is 11.5. The minimum atomic E-state index is -0.801. The number of hydrogen-bond donors (Lipinski definition) is 3. The van der Waals surface area contributed by atoms with Gasteiger partial charge in [-0.25, -0.2) is 0 Å². The van der Waals surface area contributed by atoms with Crippen molar-refractivity contribution in [2.75, 3.05) is 31.5 Å². The predicted octanol–water partition coefficient (Wildman–Crippen LogP) is 3.28. The zero-order chi connectivity index (χ0) is 22.8. The Bertz CT molecular complexity index is 475. The molecule has 0 saturated carbocycles. The zero-order valence-corrected chi connectivity index (χ0v) is 19.8. The molecule has 0 heterocycles. The molecular weight excluding hydrogens is 432 g/mol. The molecule has 0 spiro atoms. The fraction of sp³-hybridized carbons (Fsp3) is 0.850. The molecule has 0 aromatic rings. The third kappa shape index (κ3) is 17.9. The number of carboxylic acids is 1. The molecule has 10 heteroatoms. The Morgan fingerprint density at radius 1 is 0.900 bits per heavy atom. The number of hydrogen-bond acceptors (Lipinski definition) is 9. The Kier molecular flexibility index (Phi) is 17.1. The number of carbonyl (C=O) groups is 3. The topological polar surface area (TPSA) is 108 Å². The van der Waals surface area contributed by atoms with Gasteiger partial charge in [0.15, 0.2) is 0 Å². The molecule has 176 valence electrons. The highest BCUT2D eigenvalue weighted by Crippen LogP contribution is 2.19. The second kappa shape index (κ2) is 17.7. The summed E-state index contributed by atoms with van der Waals surface area (Å²) in [5, 5.41) is 8.69. The molecule has 0 fully saturated rings. The van der Waals surface area contributed by atoms with Crippen LogP contribution in [0.4, 0.5) is 0 Å². The van der Waals surface area contributed by atoms with Crippen molar-refractivity contribution in [2.24, 2.45) is 0 Å². The summed E-state index contributed by atoms with van der Waals surface area (Å²) in [7, 11) is 0. The molecule has 8 nitrogen and oxygen atoms in total. The molecule has 0 aromatic heterocycles. The standard InChI is InChI=1S/C20H36O8S2/c1-20(2,10-4-3-5-17(21)22)28-15-27-16(6-11-25-18(23)8-13-29)7-12-26-19(24)9-14-30/h16,29-30H,3-15H2,1-2H3,(H,21,22). The Labute approximate surface area is 190 Å². The number of aliphatic carboxylic acids is 1. The lowest BCUT2D eigenvalue weighted by Gasteiger charge is -2.27. The maximum absolute atomic E-state index is 11.5. The van der Waals surface area contributed by atoms with Crippen LogP contribution in [0.2, 0.25) is 0 Å². The SMILES string of the molecule is CC(C)(CCCCC(=O)O)OCOC(CCOC(=O)CCS)CCOC(=O)CCS. The van der Waals surface area contributed by atoms with Crippen LogP contribution in [0.1, 0.15) is 65.2 Å². The second-order valence-electron chi connectivity index (χ2n) is 7.38. The largest absolute Gasteiger partial charge is 0.481 e. The summed E-state index contributed by atoms with van der Waals surface area (Å²) in [5.41, 5.74) is -0.457. The van der Waals surface area contributed by atoms with E-state index in [1.165, 1.54) is 0 Å². The molecule has 0 saturated heterocycles. The minimum absolute atomic E-state index is 0.0335. The van der Waals surface area contributed by atoms with Crippen molar-refractivity contribution < 1.29 is 38.4 Å². The highest BCUT2D eigenvalue weighted by Gasteiger charge is 2.20. The first-order valence-electron chi connectivity index (χ1n) is 10.2. The molecule has 0 radical (unpaired) electrons. The molecule has 0 aliphatic carbocycles. The van der Waals surface area contributed by atoms with Crippen LogP contribution in [0.5, 0.6) is 0 Å². The van der Waals surface area contributed by atoms with E-state index in [1.807, 2.05) is 13.8 Å². The molecule has 0 bridgehead atoms. The minimum Gasteiger partial charge on any atom is -0.481 e. The first-order valence-corrected chi connectivity index (χ1v) is 11.5. The molecular formula is C20H36O8S2. The van der Waals surface area contributed by atoms with Gasteiger partial charge in [-0.15, -0.1) is 0 Å². The van der Waals surface area contributed by atoms with Crippen LogP contribution in [-0.4, -0.2) is 66.2 Å². The molecule has 0 aromatic carbocycles. The van der Waals surface area contributed by atoms with Gasteiger partial charge in [-0.05, 0) is 26.7 Å². The quantitative estimate of drug-likeness (QED) is 0.115. The van der Waals surface area contributed by atoms with E-state index >= 15 is 0 Å². The van der Waals surface area contributed by atoms with Crippen LogP contribution in [0, 0.1) is 0 Å². The third-order valence-electron chi connectivity index (χ3n) is 4.21. The Balaban J connectivity index is 4.35. The van der Waals surface area contributed by atoms with E-state index in [0.29, 0.717) is 37.2 Å². The molecule has 0 aliphatic heterocycles. The van der Waals surface area contributed by atoms with Crippen LogP contribution < -0.4 is 0 Å². The van der Waals surface area contributed by atoms with Crippen LogP contribution in [0.3, 0.4) is 0 Å². The van der Waals surface area contributed by atoms with E-state index in [-0.39, 0.29) is 57.3 Å². The van der Waals surface area contributed by atoms with Crippen LogP contribution in [-0.2, 0) is 33.3 Å². The summed E-state index contributed by atoms with van der Waals surface area (Å²) < 4.78 is 21.8. The van der Waals surface area contributed by atoms with Crippen molar-refractivity contribution in [3.05, 3.63) is 0 Å². The Hall–Kier alpha value is -0.970. The van der Waals surface area contributed by atoms with Gasteiger partial charge in [0.05, 0.1) is 37.8 Å². The van der Waals surface area contributed by atoms with E-state index in [2.05, 4.69) is 25.3 Å². The monoisotopic (exact) mass is 468 g/mol. The van der Waals surface area contributed by atoms with E-state index in [1.54, 1.807) is 0 Å². The van der Waals surface area contributed by atoms with Crippen molar-refractivity contribution in [2.45, 2.75) is 76.9 Å². The molecule has 30 heavy (non-hydrogen) atoms. The van der Waals surface area contributed by atoms with Gasteiger partial charge in [0.1, 0.15) is 6.79 Å². The summed E-state index contributed by atoms with van der Waals surface area (Å²) in [6, 6.07) is 0. The van der Waals surface area contributed by atoms with Crippen molar-refractivity contribution in [1.82, 2.24) is 0 Å². The number of carboxylic acid groups (broad SMARTS) is 1. The van der Waals surface area contributed by atoms with E-state index in [9.17, 15) is 14.4 Å². The lowest BCUT2D eigenvalue weighted by molar-refractivity contribution is -0.162. The summed E-state index contributed by atoms with van der Waals surface area (Å²) in [5.74, 6) is -0.583. The van der Waals surface area contributed by atoms with Gasteiger partial charge in [0, 0.05) is 30.8 Å². The maximum atomic E-state index is 11.5. The highest BCUT2D eigenvalue weighted by atomic mass is 32.1. The summed E-state index contributed by atoms with van der Waals surface area (Å²) in [6.07, 6.45) is 3.27. The zero-order valence-electron chi connectivity index (χ0n) is 18.0. The summed E-state index contributed by atoms with van der Waals surface area (Å²) in [6.45, 7) is 4.27. The van der Waals surface area contributed by atoms with Crippen LogP contribution >= 0.6 is 25.3 Å². The van der Waals surface area contributed by atoms with E-state index < -0.39 is 11.6 Å². The maximum Gasteiger partial charge on any atom is 0.306 e. The first-order chi connectivity index (χ1) is 14.2. The number of unbranched alkanes of at least 4 members (excludes halogenated alkanes) is 1. The first kappa shape index (κ1) is 29.0. The smallest absolute Gasteiger partial charge is 0.306 e. The molecule has 1 N–H and O–H groups in total. The van der Waals surface area contributed by atoms with Crippen LogP contribution in [0.25, 0.3) is 0 Å². The number of carbonyl (C=O) groups excluding carboxylic acids is 2. The fourth-order valence-corrected chi connectivity index (χ4v) is 2.80. The van der Waals surface area contributed by atoms with Gasteiger partial charge in [0.25, 0.3) is 0 Å². The van der Waals surface area contributed by atoms with Gasteiger partial charge in [-0.1, -0.05) is 6.42 Å². The van der Waals surface area contributed by atoms with Gasteiger partial charge < -0.3 is 24.1 Å². The summed E-state index contributed by atoms with van der Waals surface area (Å²) in [4.78, 5) is 33.5. The number of thiol groups is 2. The van der Waals surface area contributed by atoms with Gasteiger partial charge in [0.2, 0.25) is 0 Å². The van der Waals surface area contributed by atoms with Gasteiger partial charge in [-0.3, -0.25) is 14.4 Å². The highest BCUT2D eigenvalue weighted by molar-refractivity contribution is 7.80. The molecule has 0 aliphatic rings. The van der Waals surface area contributed by atoms with Crippen LogP contribution in [0.15, 0.2) is 0 Å². The summed E-state index contributed by atoms with van der Waals surface area (Å²) >= 11 is 7.99. The van der Waals surface area contributed by atoms with E-state index in [4.69, 9.17) is 24.1 Å². The number of rotatable bonds is 19. The average molecular weight is 469 g/mol.